The van der Waals surface area contributed by atoms with Gasteiger partial charge in [-0.25, -0.2) is 9.59 Å². The standard InChI is InChI=1S/2C7H12N2O2.C7H15NO/c2*1-2-3-4-9-5-6(10)8-7(9)11;1-2-3-4-5-6-7(8)9/h2*2-5H2,1H3,(H,8,10,11);2-6H2,1H3,(H2,8,9). The van der Waals surface area contributed by atoms with Crippen molar-refractivity contribution in [3.05, 3.63) is 0 Å². The van der Waals surface area contributed by atoms with E-state index in [2.05, 4.69) is 31.4 Å². The van der Waals surface area contributed by atoms with Crippen molar-refractivity contribution in [3.8, 4) is 0 Å². The number of amides is 7. The first-order valence-corrected chi connectivity index (χ1v) is 11.2. The fraction of sp³-hybridized carbons (Fsp3) is 0.762. The van der Waals surface area contributed by atoms with Crippen LogP contribution in [0.1, 0.15) is 78.6 Å². The largest absolute Gasteiger partial charge is 0.370 e. The number of primary amides is 1. The van der Waals surface area contributed by atoms with Crippen molar-refractivity contribution in [2.24, 2.45) is 5.73 Å². The van der Waals surface area contributed by atoms with E-state index in [4.69, 9.17) is 5.73 Å². The highest BCUT2D eigenvalue weighted by atomic mass is 16.2. The summed E-state index contributed by atoms with van der Waals surface area (Å²) in [4.78, 5) is 56.3. The molecule has 31 heavy (non-hydrogen) atoms. The lowest BCUT2D eigenvalue weighted by molar-refractivity contribution is -0.119. The molecule has 178 valence electrons. The van der Waals surface area contributed by atoms with Gasteiger partial charge in [-0.2, -0.15) is 0 Å². The van der Waals surface area contributed by atoms with Crippen molar-refractivity contribution in [1.82, 2.24) is 20.4 Å². The van der Waals surface area contributed by atoms with Crippen LogP contribution in [0.25, 0.3) is 0 Å². The van der Waals surface area contributed by atoms with Crippen molar-refractivity contribution in [1.29, 1.82) is 0 Å². The zero-order valence-corrected chi connectivity index (χ0v) is 19.2. The second kappa shape index (κ2) is 17.1. The molecule has 7 amide bonds. The van der Waals surface area contributed by atoms with Gasteiger partial charge in [0.15, 0.2) is 0 Å². The molecule has 2 fully saturated rings. The SMILES string of the molecule is CCCCCCC(N)=O.CCCCN1CC(=O)NC1=O.CCCCN1CC(=O)NC1=O. The number of carbonyl (C=O) groups excluding carboxylic acids is 5. The van der Waals surface area contributed by atoms with Gasteiger partial charge < -0.3 is 15.5 Å². The van der Waals surface area contributed by atoms with Gasteiger partial charge in [-0.15, -0.1) is 0 Å². The van der Waals surface area contributed by atoms with E-state index < -0.39 is 0 Å². The molecule has 0 bridgehead atoms. The zero-order chi connectivity index (χ0) is 23.6. The van der Waals surface area contributed by atoms with Crippen molar-refractivity contribution in [3.63, 3.8) is 0 Å². The molecule has 0 atom stereocenters. The second-order valence-corrected chi connectivity index (χ2v) is 7.53. The Morgan fingerprint density at radius 1 is 0.742 bits per heavy atom. The van der Waals surface area contributed by atoms with Crippen LogP contribution in [-0.4, -0.2) is 65.8 Å². The highest BCUT2D eigenvalue weighted by molar-refractivity contribution is 6.02. The molecule has 0 aromatic rings. The summed E-state index contributed by atoms with van der Waals surface area (Å²) in [6, 6.07) is -0.494. The molecule has 2 aliphatic rings. The van der Waals surface area contributed by atoms with E-state index in [1.54, 1.807) is 0 Å². The lowest BCUT2D eigenvalue weighted by Crippen LogP contribution is -2.28. The summed E-state index contributed by atoms with van der Waals surface area (Å²) in [7, 11) is 0. The maximum Gasteiger partial charge on any atom is 0.324 e. The van der Waals surface area contributed by atoms with Crippen LogP contribution in [-0.2, 0) is 14.4 Å². The van der Waals surface area contributed by atoms with Crippen molar-refractivity contribution in [2.45, 2.75) is 78.6 Å². The minimum absolute atomic E-state index is 0.175. The van der Waals surface area contributed by atoms with E-state index >= 15 is 0 Å². The van der Waals surface area contributed by atoms with Crippen LogP contribution in [0.5, 0.6) is 0 Å². The quantitative estimate of drug-likeness (QED) is 0.332. The molecule has 10 heteroatoms. The summed E-state index contributed by atoms with van der Waals surface area (Å²) in [6.45, 7) is 8.09. The molecule has 0 aliphatic carbocycles. The smallest absolute Gasteiger partial charge is 0.324 e. The average molecular weight is 442 g/mol. The van der Waals surface area contributed by atoms with Crippen molar-refractivity contribution >= 4 is 29.8 Å². The first-order valence-electron chi connectivity index (χ1n) is 11.2. The average Bonchev–Trinajstić information content (AvgIpc) is 3.21. The van der Waals surface area contributed by atoms with Gasteiger partial charge in [0.2, 0.25) is 17.7 Å². The Kier molecular flexibility index (Phi) is 15.6. The topological polar surface area (TPSA) is 142 Å². The lowest BCUT2D eigenvalue weighted by atomic mass is 10.1. The molecule has 2 heterocycles. The van der Waals surface area contributed by atoms with Gasteiger partial charge >= 0.3 is 12.1 Å². The Labute approximate surface area is 185 Å². The highest BCUT2D eigenvalue weighted by Crippen LogP contribution is 2.02. The van der Waals surface area contributed by atoms with Crippen molar-refractivity contribution in [2.75, 3.05) is 26.2 Å². The number of nitrogens with one attached hydrogen (secondary N) is 2. The van der Waals surface area contributed by atoms with E-state index in [1.165, 1.54) is 22.6 Å². The molecular weight excluding hydrogens is 402 g/mol. The molecule has 0 aromatic heterocycles. The summed E-state index contributed by atoms with van der Waals surface area (Å²) in [5, 5.41) is 4.45. The molecule has 0 radical (unpaired) electrons. The number of rotatable bonds is 11. The minimum Gasteiger partial charge on any atom is -0.370 e. The van der Waals surface area contributed by atoms with Gasteiger partial charge in [-0.05, 0) is 19.3 Å². The molecule has 2 saturated heterocycles. The summed E-state index contributed by atoms with van der Waals surface area (Å²) in [5.41, 5.74) is 4.94. The van der Waals surface area contributed by atoms with E-state index in [1.807, 2.05) is 0 Å². The number of nitrogens with zero attached hydrogens (tertiary/aromatic N) is 2. The fourth-order valence-electron chi connectivity index (χ4n) is 2.75. The molecule has 0 spiro atoms. The molecule has 4 N–H and O–H groups in total. The van der Waals surface area contributed by atoms with Gasteiger partial charge in [0.1, 0.15) is 13.1 Å². The van der Waals surface area contributed by atoms with Gasteiger partial charge in [-0.1, -0.05) is 52.9 Å². The number of hydrogen-bond donors (Lipinski definition) is 3. The number of carbonyl (C=O) groups is 5. The number of imide groups is 2. The predicted molar refractivity (Wildman–Crippen MR) is 118 cm³/mol. The molecule has 0 unspecified atom stereocenters. The lowest BCUT2D eigenvalue weighted by Gasteiger charge is -2.10. The summed E-state index contributed by atoms with van der Waals surface area (Å²) in [6.07, 6.45) is 9.08. The molecule has 10 nitrogen and oxygen atoms in total. The van der Waals surface area contributed by atoms with Crippen LogP contribution in [0, 0.1) is 0 Å². The Bertz CT molecular complexity index is 557. The maximum absolute atomic E-state index is 10.9. The van der Waals surface area contributed by atoms with Crippen LogP contribution >= 0.6 is 0 Å². The third-order valence-electron chi connectivity index (χ3n) is 4.58. The first kappa shape index (κ1) is 28.4. The van der Waals surface area contributed by atoms with Crippen LogP contribution < -0.4 is 16.4 Å². The Hall–Kier alpha value is -2.65. The van der Waals surface area contributed by atoms with Crippen LogP contribution in [0.2, 0.25) is 0 Å². The maximum atomic E-state index is 10.9. The second-order valence-electron chi connectivity index (χ2n) is 7.53. The Morgan fingerprint density at radius 3 is 1.45 bits per heavy atom. The van der Waals surface area contributed by atoms with Gasteiger partial charge in [0.25, 0.3) is 0 Å². The number of unbranched alkanes of at least 4 members (excludes halogenated alkanes) is 5. The van der Waals surface area contributed by atoms with E-state index in [-0.39, 0.29) is 42.9 Å². The van der Waals surface area contributed by atoms with Crippen LogP contribution in [0.15, 0.2) is 0 Å². The Morgan fingerprint density at radius 2 is 1.16 bits per heavy atom. The van der Waals surface area contributed by atoms with Gasteiger partial charge in [-0.3, -0.25) is 25.0 Å². The third-order valence-corrected chi connectivity index (χ3v) is 4.58. The fourth-order valence-corrected chi connectivity index (χ4v) is 2.75. The van der Waals surface area contributed by atoms with E-state index in [0.717, 1.165) is 38.5 Å². The van der Waals surface area contributed by atoms with Crippen molar-refractivity contribution < 1.29 is 24.0 Å². The summed E-state index contributed by atoms with van der Waals surface area (Å²) in [5.74, 6) is -0.552. The van der Waals surface area contributed by atoms with Gasteiger partial charge in [0.05, 0.1) is 0 Å². The molecule has 2 rings (SSSR count). The van der Waals surface area contributed by atoms with E-state index in [0.29, 0.717) is 19.5 Å². The van der Waals surface area contributed by atoms with E-state index in [9.17, 15) is 24.0 Å². The first-order chi connectivity index (χ1) is 14.7. The number of hydrogen-bond acceptors (Lipinski definition) is 5. The molecule has 2 aliphatic heterocycles. The molecule has 0 aromatic carbocycles. The number of nitrogens with two attached hydrogens (primary N) is 1. The Balaban J connectivity index is 0.000000439. The monoisotopic (exact) mass is 441 g/mol. The van der Waals surface area contributed by atoms with Crippen LogP contribution in [0.4, 0.5) is 9.59 Å². The molecular formula is C21H39N5O5. The van der Waals surface area contributed by atoms with Gasteiger partial charge in [0, 0.05) is 19.5 Å². The highest BCUT2D eigenvalue weighted by Gasteiger charge is 2.26. The predicted octanol–water partition coefficient (Wildman–Crippen LogP) is 2.12. The zero-order valence-electron chi connectivity index (χ0n) is 19.2. The van der Waals surface area contributed by atoms with Crippen LogP contribution in [0.3, 0.4) is 0 Å². The molecule has 0 saturated carbocycles. The summed E-state index contributed by atoms with van der Waals surface area (Å²) >= 11 is 0. The summed E-state index contributed by atoms with van der Waals surface area (Å²) < 4.78 is 0. The normalized spacial score (nSPS) is 15.1. The number of urea groups is 2. The minimum atomic E-state index is -0.247. The third kappa shape index (κ3) is 14.1.